The Labute approximate surface area is 115 Å². The Morgan fingerprint density at radius 3 is 2.42 bits per heavy atom. The van der Waals surface area contributed by atoms with E-state index in [4.69, 9.17) is 0 Å². The Bertz CT molecular complexity index is 493. The fourth-order valence-electron chi connectivity index (χ4n) is 2.03. The molecule has 0 spiro atoms. The van der Waals surface area contributed by atoms with Crippen LogP contribution in [0.4, 0.5) is 5.69 Å². The molecule has 0 aromatic heterocycles. The molecule has 0 saturated heterocycles. The number of sulfonamides is 1. The summed E-state index contributed by atoms with van der Waals surface area (Å²) in [5.74, 6) is 0.528. The zero-order valence-corrected chi connectivity index (χ0v) is 12.2. The van der Waals surface area contributed by atoms with Crippen molar-refractivity contribution in [3.05, 3.63) is 24.3 Å². The molecule has 5 heteroatoms. The van der Waals surface area contributed by atoms with Crippen molar-refractivity contribution < 1.29 is 8.42 Å². The van der Waals surface area contributed by atoms with Crippen LogP contribution in [0.1, 0.15) is 32.6 Å². The molecule has 2 N–H and O–H groups in total. The smallest absolute Gasteiger partial charge is 0.240 e. The van der Waals surface area contributed by atoms with E-state index in [0.717, 1.165) is 31.5 Å². The average molecular weight is 282 g/mol. The summed E-state index contributed by atoms with van der Waals surface area (Å²) in [5, 5.41) is 3.23. The summed E-state index contributed by atoms with van der Waals surface area (Å²) in [6, 6.07) is 6.93. The van der Waals surface area contributed by atoms with Gasteiger partial charge in [0.15, 0.2) is 0 Å². The van der Waals surface area contributed by atoms with E-state index in [9.17, 15) is 8.42 Å². The highest BCUT2D eigenvalue weighted by Gasteiger charge is 2.21. The molecule has 4 nitrogen and oxygen atoms in total. The molecule has 0 unspecified atom stereocenters. The fraction of sp³-hybridized carbons (Fsp3) is 0.571. The van der Waals surface area contributed by atoms with E-state index in [1.807, 2.05) is 12.1 Å². The van der Waals surface area contributed by atoms with Gasteiger partial charge in [-0.2, -0.15) is 0 Å². The first kappa shape index (κ1) is 14.3. The predicted molar refractivity (Wildman–Crippen MR) is 77.8 cm³/mol. The molecule has 1 aromatic rings. The SMILES string of the molecule is CCCNc1ccc(S(=O)(=O)NCC2CCC2)cc1. The first-order valence-corrected chi connectivity index (χ1v) is 8.44. The number of nitrogens with one attached hydrogen (secondary N) is 2. The van der Waals surface area contributed by atoms with Crippen molar-refractivity contribution in [3.63, 3.8) is 0 Å². The molecule has 1 fully saturated rings. The first-order chi connectivity index (χ1) is 9.12. The molecule has 0 amide bonds. The largest absolute Gasteiger partial charge is 0.385 e. The molecule has 1 aliphatic carbocycles. The van der Waals surface area contributed by atoms with Crippen molar-refractivity contribution in [2.75, 3.05) is 18.4 Å². The molecule has 0 bridgehead atoms. The lowest BCUT2D eigenvalue weighted by molar-refractivity contribution is 0.316. The van der Waals surface area contributed by atoms with Gasteiger partial charge in [0, 0.05) is 18.8 Å². The summed E-state index contributed by atoms with van der Waals surface area (Å²) < 4.78 is 26.8. The quantitative estimate of drug-likeness (QED) is 0.808. The number of hydrogen-bond acceptors (Lipinski definition) is 3. The van der Waals surface area contributed by atoms with E-state index in [2.05, 4.69) is 17.0 Å². The van der Waals surface area contributed by atoms with Crippen LogP contribution >= 0.6 is 0 Å². The van der Waals surface area contributed by atoms with E-state index in [1.165, 1.54) is 6.42 Å². The molecule has 0 radical (unpaired) electrons. The number of hydrogen-bond donors (Lipinski definition) is 2. The van der Waals surface area contributed by atoms with Crippen LogP contribution in [-0.2, 0) is 10.0 Å². The van der Waals surface area contributed by atoms with Crippen molar-refractivity contribution in [3.8, 4) is 0 Å². The molecule has 0 atom stereocenters. The Balaban J connectivity index is 1.94. The maximum Gasteiger partial charge on any atom is 0.240 e. The van der Waals surface area contributed by atoms with Crippen molar-refractivity contribution in [2.24, 2.45) is 5.92 Å². The molecule has 2 rings (SSSR count). The van der Waals surface area contributed by atoms with E-state index in [1.54, 1.807) is 12.1 Å². The van der Waals surface area contributed by atoms with Crippen LogP contribution < -0.4 is 10.0 Å². The zero-order chi connectivity index (χ0) is 13.7. The summed E-state index contributed by atoms with van der Waals surface area (Å²) in [7, 11) is -3.35. The van der Waals surface area contributed by atoms with Crippen LogP contribution in [0.3, 0.4) is 0 Å². The van der Waals surface area contributed by atoms with Gasteiger partial charge >= 0.3 is 0 Å². The summed E-state index contributed by atoms with van der Waals surface area (Å²) in [5.41, 5.74) is 0.958. The fourth-order valence-corrected chi connectivity index (χ4v) is 3.15. The van der Waals surface area contributed by atoms with Crippen LogP contribution in [0.2, 0.25) is 0 Å². The van der Waals surface area contributed by atoms with Gasteiger partial charge in [-0.1, -0.05) is 13.3 Å². The molecule has 0 aliphatic heterocycles. The van der Waals surface area contributed by atoms with Gasteiger partial charge in [-0.05, 0) is 49.4 Å². The monoisotopic (exact) mass is 282 g/mol. The number of rotatable bonds is 7. The Kier molecular flexibility index (Phi) is 4.82. The van der Waals surface area contributed by atoms with Gasteiger partial charge in [0.1, 0.15) is 0 Å². The lowest BCUT2D eigenvalue weighted by Gasteiger charge is -2.25. The van der Waals surface area contributed by atoms with Crippen LogP contribution in [-0.4, -0.2) is 21.5 Å². The molecular weight excluding hydrogens is 260 g/mol. The van der Waals surface area contributed by atoms with Crippen molar-refractivity contribution in [2.45, 2.75) is 37.5 Å². The van der Waals surface area contributed by atoms with Crippen LogP contribution in [0.5, 0.6) is 0 Å². The number of anilines is 1. The van der Waals surface area contributed by atoms with Gasteiger partial charge in [0.05, 0.1) is 4.90 Å². The highest BCUT2D eigenvalue weighted by atomic mass is 32.2. The van der Waals surface area contributed by atoms with Gasteiger partial charge in [0.2, 0.25) is 10.0 Å². The van der Waals surface area contributed by atoms with E-state index < -0.39 is 10.0 Å². The van der Waals surface area contributed by atoms with Crippen LogP contribution in [0, 0.1) is 5.92 Å². The van der Waals surface area contributed by atoms with Gasteiger partial charge in [-0.25, -0.2) is 13.1 Å². The van der Waals surface area contributed by atoms with E-state index in [-0.39, 0.29) is 0 Å². The Morgan fingerprint density at radius 2 is 1.89 bits per heavy atom. The van der Waals surface area contributed by atoms with Crippen LogP contribution in [0.15, 0.2) is 29.2 Å². The minimum Gasteiger partial charge on any atom is -0.385 e. The lowest BCUT2D eigenvalue weighted by atomic mass is 9.86. The molecule has 1 aliphatic rings. The maximum atomic E-state index is 12.1. The standard InChI is InChI=1S/C14H22N2O2S/c1-2-10-15-13-6-8-14(9-7-13)19(17,18)16-11-12-4-3-5-12/h6-9,12,15-16H,2-5,10-11H2,1H3. The highest BCUT2D eigenvalue weighted by molar-refractivity contribution is 7.89. The van der Waals surface area contributed by atoms with Gasteiger partial charge in [-0.15, -0.1) is 0 Å². The molecular formula is C14H22N2O2S. The molecule has 19 heavy (non-hydrogen) atoms. The first-order valence-electron chi connectivity index (χ1n) is 6.95. The molecule has 106 valence electrons. The van der Waals surface area contributed by atoms with Gasteiger partial charge in [-0.3, -0.25) is 0 Å². The second-order valence-corrected chi connectivity index (χ2v) is 6.87. The van der Waals surface area contributed by atoms with E-state index in [0.29, 0.717) is 17.4 Å². The minimum absolute atomic E-state index is 0.342. The Morgan fingerprint density at radius 1 is 1.21 bits per heavy atom. The topological polar surface area (TPSA) is 58.2 Å². The second-order valence-electron chi connectivity index (χ2n) is 5.10. The summed E-state index contributed by atoms with van der Waals surface area (Å²) in [6.07, 6.45) is 4.55. The Hall–Kier alpha value is -1.07. The van der Waals surface area contributed by atoms with Gasteiger partial charge < -0.3 is 5.32 Å². The van der Waals surface area contributed by atoms with E-state index >= 15 is 0 Å². The third-order valence-corrected chi connectivity index (χ3v) is 4.97. The van der Waals surface area contributed by atoms with Crippen LogP contribution in [0.25, 0.3) is 0 Å². The number of benzene rings is 1. The highest BCUT2D eigenvalue weighted by Crippen LogP contribution is 2.25. The van der Waals surface area contributed by atoms with Gasteiger partial charge in [0.25, 0.3) is 0 Å². The van der Waals surface area contributed by atoms with Crippen molar-refractivity contribution in [1.29, 1.82) is 0 Å². The molecule has 1 saturated carbocycles. The second kappa shape index (κ2) is 6.39. The third kappa shape index (κ3) is 3.94. The minimum atomic E-state index is -3.35. The summed E-state index contributed by atoms with van der Waals surface area (Å²) >= 11 is 0. The zero-order valence-electron chi connectivity index (χ0n) is 11.4. The lowest BCUT2D eigenvalue weighted by Crippen LogP contribution is -2.32. The summed E-state index contributed by atoms with van der Waals surface area (Å²) in [4.78, 5) is 0.342. The maximum absolute atomic E-state index is 12.1. The summed E-state index contributed by atoms with van der Waals surface area (Å²) in [6.45, 7) is 3.56. The van der Waals surface area contributed by atoms with Crippen molar-refractivity contribution >= 4 is 15.7 Å². The average Bonchev–Trinajstić information content (AvgIpc) is 2.35. The third-order valence-electron chi connectivity index (χ3n) is 3.53. The molecule has 1 aromatic carbocycles. The molecule has 0 heterocycles. The van der Waals surface area contributed by atoms with Crippen molar-refractivity contribution in [1.82, 2.24) is 4.72 Å². The predicted octanol–water partition coefficient (Wildman–Crippen LogP) is 2.59. The normalized spacial score (nSPS) is 16.1.